The van der Waals surface area contributed by atoms with E-state index in [-0.39, 0.29) is 11.4 Å². The number of carbonyl (C=O) groups excluding carboxylic acids is 1. The van der Waals surface area contributed by atoms with Gasteiger partial charge in [-0.05, 0) is 43.2 Å². The van der Waals surface area contributed by atoms with Gasteiger partial charge in [0, 0.05) is 17.0 Å². The molecule has 0 aliphatic rings. The first kappa shape index (κ1) is 20.9. The number of hydrogen-bond acceptors (Lipinski definition) is 6. The number of aromatic nitrogens is 3. The number of aryl methyl sites for hydroxylation is 2. The van der Waals surface area contributed by atoms with Crippen LogP contribution in [-0.2, 0) is 0 Å². The molecule has 0 aliphatic heterocycles. The molecular weight excluding hydrogens is 406 g/mol. The number of benzene rings is 2. The number of carbonyl (C=O) groups is 1. The molecule has 0 unspecified atom stereocenters. The third-order valence-corrected chi connectivity index (χ3v) is 5.19. The zero-order chi connectivity index (χ0) is 22.8. The number of nitrogens with zero attached hydrogens (tertiary/aromatic N) is 4. The Hall–Kier alpha value is -4.38. The van der Waals surface area contributed by atoms with E-state index < -0.39 is 5.91 Å². The number of hydrogen-bond donors (Lipinski definition) is 1. The molecule has 2 aromatic heterocycles. The summed E-state index contributed by atoms with van der Waals surface area (Å²) in [6.07, 6.45) is 1.40. The van der Waals surface area contributed by atoms with E-state index >= 15 is 0 Å². The Labute approximate surface area is 185 Å². The largest absolute Gasteiger partial charge is 0.497 e. The van der Waals surface area contributed by atoms with E-state index in [1.165, 1.54) is 25.1 Å². The van der Waals surface area contributed by atoms with Crippen molar-refractivity contribution in [3.8, 4) is 23.4 Å². The number of methoxy groups -OCH3 is 2. The first-order valence-electron chi connectivity index (χ1n) is 9.85. The lowest BCUT2D eigenvalue weighted by atomic mass is 10.1. The molecule has 4 aromatic rings. The summed E-state index contributed by atoms with van der Waals surface area (Å²) in [7, 11) is 3.02. The van der Waals surface area contributed by atoms with Crippen molar-refractivity contribution < 1.29 is 14.3 Å². The molecule has 0 bridgehead atoms. The lowest BCUT2D eigenvalue weighted by molar-refractivity contribution is 0.102. The molecule has 8 nitrogen and oxygen atoms in total. The van der Waals surface area contributed by atoms with Gasteiger partial charge in [-0.2, -0.15) is 15.0 Å². The van der Waals surface area contributed by atoms with Gasteiger partial charge < -0.3 is 14.8 Å². The molecule has 1 amide bonds. The van der Waals surface area contributed by atoms with Gasteiger partial charge in [-0.1, -0.05) is 18.2 Å². The van der Waals surface area contributed by atoms with Crippen molar-refractivity contribution in [3.63, 3.8) is 0 Å². The first-order chi connectivity index (χ1) is 15.4. The van der Waals surface area contributed by atoms with E-state index in [2.05, 4.69) is 16.5 Å². The molecule has 2 heterocycles. The maximum absolute atomic E-state index is 13.0. The number of anilines is 1. The Morgan fingerprint density at radius 2 is 1.78 bits per heavy atom. The SMILES string of the molecule is COc1cc(OC)cc(C(=O)Nc2c(C#N)cnn2-c2cc(C)c3cccc(C)c3n2)c1. The highest BCUT2D eigenvalue weighted by Crippen LogP contribution is 2.27. The molecule has 4 rings (SSSR count). The highest BCUT2D eigenvalue weighted by atomic mass is 16.5. The molecule has 160 valence electrons. The van der Waals surface area contributed by atoms with Crippen LogP contribution in [0.4, 0.5) is 5.82 Å². The maximum Gasteiger partial charge on any atom is 0.257 e. The standard InChI is InChI=1S/C24H21N5O3/c1-14-6-5-7-20-15(2)8-21(27-22(14)20)29-23(17(12-25)13-26-29)28-24(30)16-9-18(31-3)11-19(10-16)32-4/h5-11,13H,1-4H3,(H,28,30). The van der Waals surface area contributed by atoms with Gasteiger partial charge in [0.1, 0.15) is 23.1 Å². The Bertz CT molecular complexity index is 1360. The highest BCUT2D eigenvalue weighted by molar-refractivity contribution is 6.05. The molecule has 0 saturated heterocycles. The van der Waals surface area contributed by atoms with Crippen LogP contribution >= 0.6 is 0 Å². The highest BCUT2D eigenvalue weighted by Gasteiger charge is 2.19. The predicted octanol–water partition coefficient (Wildman–Crippen LogP) is 4.18. The average Bonchev–Trinajstić information content (AvgIpc) is 3.21. The van der Waals surface area contributed by atoms with Crippen molar-refractivity contribution in [2.45, 2.75) is 13.8 Å². The van der Waals surface area contributed by atoms with Crippen LogP contribution in [-0.4, -0.2) is 34.9 Å². The third kappa shape index (κ3) is 3.72. The minimum Gasteiger partial charge on any atom is -0.497 e. The summed E-state index contributed by atoms with van der Waals surface area (Å²) in [6.45, 7) is 3.98. The van der Waals surface area contributed by atoms with Crippen LogP contribution in [0, 0.1) is 25.2 Å². The number of nitrogens with one attached hydrogen (secondary N) is 1. The summed E-state index contributed by atoms with van der Waals surface area (Å²) in [6, 6.07) is 14.8. The van der Waals surface area contributed by atoms with Crippen LogP contribution in [0.1, 0.15) is 27.0 Å². The van der Waals surface area contributed by atoms with E-state index in [4.69, 9.17) is 14.5 Å². The van der Waals surface area contributed by atoms with Crippen LogP contribution < -0.4 is 14.8 Å². The smallest absolute Gasteiger partial charge is 0.257 e. The van der Waals surface area contributed by atoms with Gasteiger partial charge >= 0.3 is 0 Å². The second kappa shape index (κ2) is 8.40. The summed E-state index contributed by atoms with van der Waals surface area (Å²) in [5.41, 5.74) is 3.41. The van der Waals surface area contributed by atoms with Gasteiger partial charge in [-0.3, -0.25) is 4.79 Å². The summed E-state index contributed by atoms with van der Waals surface area (Å²) in [4.78, 5) is 17.8. The lowest BCUT2D eigenvalue weighted by Crippen LogP contribution is -2.17. The Balaban J connectivity index is 1.79. The van der Waals surface area contributed by atoms with Gasteiger partial charge in [0.2, 0.25) is 0 Å². The number of amides is 1. The van der Waals surface area contributed by atoms with Crippen molar-refractivity contribution in [1.82, 2.24) is 14.8 Å². The topological polar surface area (TPSA) is 102 Å². The number of para-hydroxylation sites is 1. The molecule has 0 spiro atoms. The van der Waals surface area contributed by atoms with Crippen molar-refractivity contribution >= 4 is 22.6 Å². The van der Waals surface area contributed by atoms with Crippen molar-refractivity contribution in [2.24, 2.45) is 0 Å². The number of pyridine rings is 1. The van der Waals surface area contributed by atoms with E-state index in [0.717, 1.165) is 22.0 Å². The summed E-state index contributed by atoms with van der Waals surface area (Å²) < 4.78 is 12.0. The van der Waals surface area contributed by atoms with Gasteiger partial charge in [0.15, 0.2) is 11.6 Å². The number of fused-ring (bicyclic) bond motifs is 1. The lowest BCUT2D eigenvalue weighted by Gasteiger charge is -2.13. The Morgan fingerprint density at radius 1 is 1.06 bits per heavy atom. The van der Waals surface area contributed by atoms with E-state index in [9.17, 15) is 10.1 Å². The van der Waals surface area contributed by atoms with E-state index in [0.29, 0.717) is 22.9 Å². The summed E-state index contributed by atoms with van der Waals surface area (Å²) in [5.74, 6) is 1.26. The Morgan fingerprint density at radius 3 is 2.44 bits per heavy atom. The zero-order valence-corrected chi connectivity index (χ0v) is 18.1. The van der Waals surface area contributed by atoms with Gasteiger partial charge in [-0.25, -0.2) is 4.98 Å². The number of ether oxygens (including phenoxy) is 2. The maximum atomic E-state index is 13.0. The fourth-order valence-corrected chi connectivity index (χ4v) is 3.49. The molecular formula is C24H21N5O3. The normalized spacial score (nSPS) is 10.6. The third-order valence-electron chi connectivity index (χ3n) is 5.19. The average molecular weight is 427 g/mol. The molecule has 0 atom stereocenters. The quantitative estimate of drug-likeness (QED) is 0.513. The Kier molecular flexibility index (Phi) is 5.48. The second-order valence-electron chi connectivity index (χ2n) is 7.25. The second-order valence-corrected chi connectivity index (χ2v) is 7.25. The first-order valence-corrected chi connectivity index (χ1v) is 9.85. The summed E-state index contributed by atoms with van der Waals surface area (Å²) in [5, 5.41) is 17.7. The minimum absolute atomic E-state index is 0.220. The fourth-order valence-electron chi connectivity index (χ4n) is 3.49. The van der Waals surface area contributed by atoms with Crippen LogP contribution in [0.5, 0.6) is 11.5 Å². The zero-order valence-electron chi connectivity index (χ0n) is 18.1. The molecule has 0 saturated carbocycles. The van der Waals surface area contributed by atoms with Crippen molar-refractivity contribution in [3.05, 3.63) is 70.9 Å². The fraction of sp³-hybridized carbons (Fsp3) is 0.167. The molecule has 32 heavy (non-hydrogen) atoms. The molecule has 0 radical (unpaired) electrons. The van der Waals surface area contributed by atoms with Crippen molar-refractivity contribution in [1.29, 1.82) is 5.26 Å². The molecule has 8 heteroatoms. The van der Waals surface area contributed by atoms with Gasteiger partial charge in [-0.15, -0.1) is 0 Å². The number of rotatable bonds is 5. The van der Waals surface area contributed by atoms with E-state index in [1.807, 2.05) is 38.1 Å². The summed E-state index contributed by atoms with van der Waals surface area (Å²) >= 11 is 0. The molecule has 1 N–H and O–H groups in total. The van der Waals surface area contributed by atoms with Crippen LogP contribution in [0.15, 0.2) is 48.7 Å². The molecule has 0 aliphatic carbocycles. The van der Waals surface area contributed by atoms with Crippen LogP contribution in [0.25, 0.3) is 16.7 Å². The van der Waals surface area contributed by atoms with E-state index in [1.54, 1.807) is 18.2 Å². The van der Waals surface area contributed by atoms with Crippen LogP contribution in [0.3, 0.4) is 0 Å². The number of nitriles is 1. The van der Waals surface area contributed by atoms with Crippen LogP contribution in [0.2, 0.25) is 0 Å². The molecule has 2 aromatic carbocycles. The monoisotopic (exact) mass is 427 g/mol. The molecule has 0 fully saturated rings. The predicted molar refractivity (Wildman–Crippen MR) is 121 cm³/mol. The van der Waals surface area contributed by atoms with Crippen molar-refractivity contribution in [2.75, 3.05) is 19.5 Å². The van der Waals surface area contributed by atoms with Gasteiger partial charge in [0.25, 0.3) is 5.91 Å². The minimum atomic E-state index is -0.436. The van der Waals surface area contributed by atoms with Gasteiger partial charge in [0.05, 0.1) is 25.9 Å².